The van der Waals surface area contributed by atoms with Crippen LogP contribution in [0.15, 0.2) is 12.4 Å². The van der Waals surface area contributed by atoms with Crippen molar-refractivity contribution in [2.45, 2.75) is 25.3 Å². The van der Waals surface area contributed by atoms with Gasteiger partial charge in [-0.05, 0) is 55.4 Å². The normalized spacial score (nSPS) is 21.2. The molecule has 1 atom stereocenters. The van der Waals surface area contributed by atoms with Gasteiger partial charge in [-0.3, -0.25) is 0 Å². The number of nitrogens with zero attached hydrogens (tertiary/aromatic N) is 3. The van der Waals surface area contributed by atoms with Crippen molar-refractivity contribution in [3.63, 3.8) is 0 Å². The monoisotopic (exact) mass is 333 g/mol. The van der Waals surface area contributed by atoms with Crippen LogP contribution in [0, 0.1) is 3.57 Å². The van der Waals surface area contributed by atoms with Crippen molar-refractivity contribution in [3.8, 4) is 6.01 Å². The minimum Gasteiger partial charge on any atom is -0.463 e. The molecule has 88 valence electrons. The summed E-state index contributed by atoms with van der Waals surface area (Å²) in [6.45, 7) is 1.92. The third-order valence-electron chi connectivity index (χ3n) is 2.95. The average Bonchev–Trinajstić information content (AvgIpc) is 2.68. The first kappa shape index (κ1) is 12.0. The van der Waals surface area contributed by atoms with Crippen LogP contribution in [-0.4, -0.2) is 41.1 Å². The summed E-state index contributed by atoms with van der Waals surface area (Å²) in [7, 11) is 2.18. The smallest absolute Gasteiger partial charge is 0.316 e. The minimum atomic E-state index is 0.487. The molecule has 1 unspecified atom stereocenters. The first-order valence-electron chi connectivity index (χ1n) is 5.56. The van der Waals surface area contributed by atoms with Gasteiger partial charge in [-0.1, -0.05) is 0 Å². The van der Waals surface area contributed by atoms with Crippen LogP contribution in [-0.2, 0) is 0 Å². The summed E-state index contributed by atoms with van der Waals surface area (Å²) in [6, 6.07) is 1.16. The van der Waals surface area contributed by atoms with E-state index in [1.807, 2.05) is 0 Å². The van der Waals surface area contributed by atoms with Crippen LogP contribution in [0.25, 0.3) is 0 Å². The van der Waals surface area contributed by atoms with Gasteiger partial charge in [0.25, 0.3) is 0 Å². The molecule has 0 bridgehead atoms. The third-order valence-corrected chi connectivity index (χ3v) is 3.51. The Balaban J connectivity index is 1.73. The van der Waals surface area contributed by atoms with E-state index in [0.717, 1.165) is 9.99 Å². The topological polar surface area (TPSA) is 38.2 Å². The second kappa shape index (κ2) is 5.77. The lowest BCUT2D eigenvalue weighted by Gasteiger charge is -2.18. The highest BCUT2D eigenvalue weighted by atomic mass is 127. The molecular formula is C11H16IN3O. The lowest BCUT2D eigenvalue weighted by Crippen LogP contribution is -2.26. The highest BCUT2D eigenvalue weighted by Crippen LogP contribution is 2.17. The molecule has 4 nitrogen and oxygen atoms in total. The van der Waals surface area contributed by atoms with Crippen LogP contribution in [0.5, 0.6) is 6.01 Å². The molecule has 0 saturated carbocycles. The van der Waals surface area contributed by atoms with Crippen LogP contribution >= 0.6 is 22.6 Å². The van der Waals surface area contributed by atoms with Gasteiger partial charge in [0.15, 0.2) is 0 Å². The van der Waals surface area contributed by atoms with E-state index in [0.29, 0.717) is 18.7 Å². The molecule has 16 heavy (non-hydrogen) atoms. The summed E-state index contributed by atoms with van der Waals surface area (Å²) in [5.41, 5.74) is 0. The third kappa shape index (κ3) is 3.28. The maximum Gasteiger partial charge on any atom is 0.316 e. The predicted molar refractivity (Wildman–Crippen MR) is 70.5 cm³/mol. The standard InChI is InChI=1S/C11H16IN3O/c1-15-5-2-3-10(15)4-6-16-11-13-7-9(12)8-14-11/h7-8,10H,2-6H2,1H3. The quantitative estimate of drug-likeness (QED) is 0.790. The molecule has 1 aliphatic heterocycles. The minimum absolute atomic E-state index is 0.487. The zero-order valence-corrected chi connectivity index (χ0v) is 11.6. The Morgan fingerprint density at radius 2 is 2.25 bits per heavy atom. The van der Waals surface area contributed by atoms with Gasteiger partial charge >= 0.3 is 6.01 Å². The SMILES string of the molecule is CN1CCCC1CCOc1ncc(I)cn1. The average molecular weight is 333 g/mol. The van der Waals surface area contributed by atoms with Crippen molar-refractivity contribution < 1.29 is 4.74 Å². The number of aromatic nitrogens is 2. The molecule has 0 N–H and O–H groups in total. The van der Waals surface area contributed by atoms with Crippen molar-refractivity contribution in [3.05, 3.63) is 16.0 Å². The van der Waals surface area contributed by atoms with Gasteiger partial charge in [-0.25, -0.2) is 9.97 Å². The molecule has 0 spiro atoms. The maximum absolute atomic E-state index is 5.52. The molecule has 0 aliphatic carbocycles. The molecule has 1 aromatic rings. The van der Waals surface area contributed by atoms with E-state index in [4.69, 9.17) is 4.74 Å². The summed E-state index contributed by atoms with van der Waals surface area (Å²) in [5, 5.41) is 0. The Bertz CT molecular complexity index is 331. The van der Waals surface area contributed by atoms with Crippen LogP contribution in [0.2, 0.25) is 0 Å². The second-order valence-electron chi connectivity index (χ2n) is 4.10. The molecule has 5 heteroatoms. The zero-order chi connectivity index (χ0) is 11.4. The van der Waals surface area contributed by atoms with Crippen molar-refractivity contribution in [1.82, 2.24) is 14.9 Å². The van der Waals surface area contributed by atoms with E-state index in [2.05, 4.69) is 44.5 Å². The fourth-order valence-corrected chi connectivity index (χ4v) is 2.28. The fraction of sp³-hybridized carbons (Fsp3) is 0.636. The number of hydrogen-bond acceptors (Lipinski definition) is 4. The van der Waals surface area contributed by atoms with Gasteiger partial charge < -0.3 is 9.64 Å². The Morgan fingerprint density at radius 1 is 1.50 bits per heavy atom. The molecular weight excluding hydrogens is 317 g/mol. The van der Waals surface area contributed by atoms with E-state index in [1.165, 1.54) is 19.4 Å². The predicted octanol–water partition coefficient (Wildman–Crippen LogP) is 1.94. The highest BCUT2D eigenvalue weighted by Gasteiger charge is 2.20. The van der Waals surface area contributed by atoms with Gasteiger partial charge in [0, 0.05) is 22.0 Å². The Kier molecular flexibility index (Phi) is 4.34. The lowest BCUT2D eigenvalue weighted by atomic mass is 10.2. The number of halogens is 1. The van der Waals surface area contributed by atoms with Gasteiger partial charge in [0.1, 0.15) is 0 Å². The largest absolute Gasteiger partial charge is 0.463 e. The molecule has 2 rings (SSSR count). The van der Waals surface area contributed by atoms with Gasteiger partial charge in [-0.2, -0.15) is 0 Å². The summed E-state index contributed by atoms with van der Waals surface area (Å²) in [5.74, 6) is 0. The van der Waals surface area contributed by atoms with Gasteiger partial charge in [-0.15, -0.1) is 0 Å². The Labute approximate surface area is 110 Å². The summed E-state index contributed by atoms with van der Waals surface area (Å²) < 4.78 is 6.55. The molecule has 2 heterocycles. The number of likely N-dealkylation sites (tertiary alicyclic amines) is 1. The van der Waals surface area contributed by atoms with E-state index in [9.17, 15) is 0 Å². The molecule has 0 radical (unpaired) electrons. The van der Waals surface area contributed by atoms with Crippen LogP contribution < -0.4 is 4.74 Å². The fourth-order valence-electron chi connectivity index (χ4n) is 2.01. The second-order valence-corrected chi connectivity index (χ2v) is 5.34. The molecule has 1 saturated heterocycles. The zero-order valence-electron chi connectivity index (χ0n) is 9.40. The summed E-state index contributed by atoms with van der Waals surface area (Å²) in [4.78, 5) is 10.6. The molecule has 0 aromatic carbocycles. The number of rotatable bonds is 4. The Morgan fingerprint density at radius 3 is 2.88 bits per heavy atom. The van der Waals surface area contributed by atoms with Crippen LogP contribution in [0.4, 0.5) is 0 Å². The summed E-state index contributed by atoms with van der Waals surface area (Å²) in [6.07, 6.45) is 7.19. The van der Waals surface area contributed by atoms with E-state index in [-0.39, 0.29) is 0 Å². The molecule has 1 fully saturated rings. The van der Waals surface area contributed by atoms with E-state index in [1.54, 1.807) is 12.4 Å². The lowest BCUT2D eigenvalue weighted by molar-refractivity contribution is 0.223. The van der Waals surface area contributed by atoms with Crippen molar-refractivity contribution in [2.75, 3.05) is 20.2 Å². The maximum atomic E-state index is 5.52. The van der Waals surface area contributed by atoms with E-state index < -0.39 is 0 Å². The first-order chi connectivity index (χ1) is 7.75. The number of ether oxygens (including phenoxy) is 1. The molecule has 1 aliphatic rings. The van der Waals surface area contributed by atoms with Crippen LogP contribution in [0.3, 0.4) is 0 Å². The van der Waals surface area contributed by atoms with Gasteiger partial charge in [0.05, 0.1) is 6.61 Å². The van der Waals surface area contributed by atoms with Crippen LogP contribution in [0.1, 0.15) is 19.3 Å². The van der Waals surface area contributed by atoms with Crippen molar-refractivity contribution in [2.24, 2.45) is 0 Å². The summed E-state index contributed by atoms with van der Waals surface area (Å²) >= 11 is 2.18. The first-order valence-corrected chi connectivity index (χ1v) is 6.64. The van der Waals surface area contributed by atoms with Crippen molar-refractivity contribution in [1.29, 1.82) is 0 Å². The van der Waals surface area contributed by atoms with E-state index >= 15 is 0 Å². The van der Waals surface area contributed by atoms with Gasteiger partial charge in [0.2, 0.25) is 0 Å². The van der Waals surface area contributed by atoms with Crippen molar-refractivity contribution >= 4 is 22.6 Å². The number of hydrogen-bond donors (Lipinski definition) is 0. The Hall–Kier alpha value is -0.430. The molecule has 1 aromatic heterocycles. The highest BCUT2D eigenvalue weighted by molar-refractivity contribution is 14.1. The molecule has 0 amide bonds.